The summed E-state index contributed by atoms with van der Waals surface area (Å²) in [6, 6.07) is 0. The highest BCUT2D eigenvalue weighted by atomic mass is 16.7. The average molecular weight is 306 g/mol. The van der Waals surface area contributed by atoms with Gasteiger partial charge in [-0.05, 0) is 6.92 Å². The highest BCUT2D eigenvalue weighted by molar-refractivity contribution is 5.61. The molecule has 0 rings (SSSR count). The van der Waals surface area contributed by atoms with Gasteiger partial charge in [0.1, 0.15) is 6.10 Å². The third-order valence-corrected chi connectivity index (χ3v) is 2.86. The number of carbonyl (C=O) groups is 1. The normalized spacial score (nSPS) is 19.1. The molecule has 0 amide bonds. The molecular weight excluding hydrogens is 280 g/mol. The number of hydrogen-bond donors (Lipinski definition) is 4. The second kappa shape index (κ2) is 11.7. The zero-order valence-corrected chi connectivity index (χ0v) is 12.5. The fourth-order valence-corrected chi connectivity index (χ4v) is 1.46. The van der Waals surface area contributed by atoms with Crippen molar-refractivity contribution in [2.24, 2.45) is 16.6 Å². The van der Waals surface area contributed by atoms with Crippen LogP contribution in [-0.2, 0) is 14.3 Å². The van der Waals surface area contributed by atoms with Crippen LogP contribution in [0.3, 0.4) is 0 Å². The van der Waals surface area contributed by atoms with Gasteiger partial charge >= 0.3 is 0 Å². The first-order valence-electron chi connectivity index (χ1n) is 6.86. The summed E-state index contributed by atoms with van der Waals surface area (Å²) in [5, 5.41) is 27.5. The number of rotatable bonds is 12. The van der Waals surface area contributed by atoms with Crippen LogP contribution in [0.1, 0.15) is 13.8 Å². The summed E-state index contributed by atoms with van der Waals surface area (Å²) >= 11 is 0. The van der Waals surface area contributed by atoms with Crippen LogP contribution in [0.2, 0.25) is 0 Å². The molecule has 0 spiro atoms. The van der Waals surface area contributed by atoms with Crippen molar-refractivity contribution in [2.75, 3.05) is 26.3 Å². The van der Waals surface area contributed by atoms with E-state index in [9.17, 15) is 15.0 Å². The van der Waals surface area contributed by atoms with Gasteiger partial charge in [0.25, 0.3) is 0 Å². The van der Waals surface area contributed by atoms with Crippen molar-refractivity contribution in [3.8, 4) is 0 Å². The molecule has 0 radical (unpaired) electrons. The molecule has 0 aromatic rings. The van der Waals surface area contributed by atoms with Crippen molar-refractivity contribution >= 4 is 12.5 Å². The lowest BCUT2D eigenvalue weighted by Crippen LogP contribution is -2.39. The van der Waals surface area contributed by atoms with E-state index >= 15 is 0 Å². The maximum absolute atomic E-state index is 11.0. The van der Waals surface area contributed by atoms with Crippen LogP contribution in [0, 0.1) is 5.92 Å². The Labute approximate surface area is 124 Å². The fourth-order valence-electron chi connectivity index (χ4n) is 1.46. The van der Waals surface area contributed by atoms with E-state index in [1.54, 1.807) is 13.1 Å². The number of aliphatic hydroxyl groups is 3. The number of aldehydes is 1. The first-order chi connectivity index (χ1) is 9.99. The van der Waals surface area contributed by atoms with Crippen molar-refractivity contribution in [1.82, 2.24) is 0 Å². The fraction of sp³-hybridized carbons (Fsp3) is 0.846. The Morgan fingerprint density at radius 2 is 1.90 bits per heavy atom. The molecule has 8 nitrogen and oxygen atoms in total. The average Bonchev–Trinajstić information content (AvgIpc) is 2.50. The van der Waals surface area contributed by atoms with Crippen LogP contribution < -0.4 is 5.73 Å². The minimum Gasteiger partial charge on any atom is -0.394 e. The van der Waals surface area contributed by atoms with Crippen LogP contribution in [0.25, 0.3) is 0 Å². The second-order valence-corrected chi connectivity index (χ2v) is 4.66. The molecule has 21 heavy (non-hydrogen) atoms. The van der Waals surface area contributed by atoms with E-state index in [4.69, 9.17) is 20.3 Å². The zero-order chi connectivity index (χ0) is 16.3. The molecule has 0 fully saturated rings. The Balaban J connectivity index is 4.50. The van der Waals surface area contributed by atoms with Gasteiger partial charge in [0, 0.05) is 18.7 Å². The van der Waals surface area contributed by atoms with E-state index in [0.29, 0.717) is 19.4 Å². The summed E-state index contributed by atoms with van der Waals surface area (Å²) in [6.07, 6.45) is -1.81. The second-order valence-electron chi connectivity index (χ2n) is 4.66. The molecule has 0 heterocycles. The van der Waals surface area contributed by atoms with Gasteiger partial charge in [0.2, 0.25) is 6.29 Å². The van der Waals surface area contributed by atoms with Crippen LogP contribution in [0.15, 0.2) is 4.99 Å². The molecule has 0 saturated heterocycles. The Morgan fingerprint density at radius 3 is 2.38 bits per heavy atom. The summed E-state index contributed by atoms with van der Waals surface area (Å²) in [7, 11) is 0. The maximum Gasteiger partial charge on any atom is 0.215 e. The smallest absolute Gasteiger partial charge is 0.215 e. The van der Waals surface area contributed by atoms with Gasteiger partial charge in [-0.1, -0.05) is 6.92 Å². The summed E-state index contributed by atoms with van der Waals surface area (Å²) in [4.78, 5) is 15.0. The molecule has 5 atom stereocenters. The Morgan fingerprint density at radius 1 is 1.24 bits per heavy atom. The van der Waals surface area contributed by atoms with Crippen LogP contribution in [0.4, 0.5) is 0 Å². The molecule has 0 aliphatic heterocycles. The number of hydrogen-bond acceptors (Lipinski definition) is 8. The van der Waals surface area contributed by atoms with Crippen molar-refractivity contribution in [1.29, 1.82) is 0 Å². The molecule has 0 aromatic carbocycles. The zero-order valence-electron chi connectivity index (χ0n) is 12.5. The van der Waals surface area contributed by atoms with E-state index < -0.39 is 31.2 Å². The van der Waals surface area contributed by atoms with E-state index in [2.05, 4.69) is 4.99 Å². The summed E-state index contributed by atoms with van der Waals surface area (Å²) in [5.41, 5.74) is 5.32. The molecule has 0 aliphatic rings. The quantitative estimate of drug-likeness (QED) is 0.192. The molecule has 0 saturated carbocycles. The van der Waals surface area contributed by atoms with Gasteiger partial charge in [-0.15, -0.1) is 0 Å². The Hall–Kier alpha value is -0.900. The number of aliphatic hydroxyl groups excluding tert-OH is 3. The number of nitrogens with zero attached hydrogens (tertiary/aromatic N) is 1. The van der Waals surface area contributed by atoms with Gasteiger partial charge in [-0.25, -0.2) is 0 Å². The molecule has 0 aromatic heterocycles. The summed E-state index contributed by atoms with van der Waals surface area (Å²) < 4.78 is 10.5. The first-order valence-corrected chi connectivity index (χ1v) is 6.86. The van der Waals surface area contributed by atoms with E-state index in [-0.39, 0.29) is 12.5 Å². The lowest BCUT2D eigenvalue weighted by molar-refractivity contribution is -0.208. The monoisotopic (exact) mass is 306 g/mol. The van der Waals surface area contributed by atoms with Gasteiger partial charge in [0.15, 0.2) is 6.29 Å². The van der Waals surface area contributed by atoms with Gasteiger partial charge < -0.3 is 30.5 Å². The number of ether oxygens (including phenoxy) is 2. The minimum atomic E-state index is -1.25. The van der Waals surface area contributed by atoms with E-state index in [1.165, 1.54) is 6.92 Å². The lowest BCUT2D eigenvalue weighted by Gasteiger charge is -2.26. The third kappa shape index (κ3) is 8.20. The highest BCUT2D eigenvalue weighted by Crippen LogP contribution is 2.11. The van der Waals surface area contributed by atoms with E-state index in [1.807, 2.05) is 0 Å². The highest BCUT2D eigenvalue weighted by Gasteiger charge is 2.24. The molecular formula is C13H26N2O6. The van der Waals surface area contributed by atoms with Crippen LogP contribution in [-0.4, -0.2) is 78.7 Å². The number of aliphatic imine (C=N–C) groups is 1. The topological polar surface area (TPSA) is 135 Å². The van der Waals surface area contributed by atoms with Gasteiger partial charge in [0.05, 0.1) is 32.0 Å². The molecule has 0 aliphatic carbocycles. The maximum atomic E-state index is 11.0. The van der Waals surface area contributed by atoms with Crippen molar-refractivity contribution in [3.63, 3.8) is 0 Å². The number of carbonyl (C=O) groups excluding carboxylic acids is 1. The van der Waals surface area contributed by atoms with Crippen LogP contribution >= 0.6 is 0 Å². The standard InChI is InChI=1S/C13H26N2O6/c1-9(5-15-4-3-14)12(7-17)21-13(8-18)20-10(2)11(19)6-16/h5,8-13,16-17,19H,3-4,6-7,14H2,1-2H3/b15-5+. The van der Waals surface area contributed by atoms with Crippen molar-refractivity contribution < 1.29 is 29.6 Å². The third-order valence-electron chi connectivity index (χ3n) is 2.86. The van der Waals surface area contributed by atoms with Gasteiger partial charge in [-0.3, -0.25) is 9.79 Å². The van der Waals surface area contributed by atoms with E-state index in [0.717, 1.165) is 0 Å². The largest absolute Gasteiger partial charge is 0.394 e. The van der Waals surface area contributed by atoms with Crippen LogP contribution in [0.5, 0.6) is 0 Å². The molecule has 0 bridgehead atoms. The Kier molecular flexibility index (Phi) is 11.2. The summed E-state index contributed by atoms with van der Waals surface area (Å²) in [6.45, 7) is 3.36. The number of nitrogens with two attached hydrogens (primary N) is 1. The minimum absolute atomic E-state index is 0.245. The first kappa shape index (κ1) is 20.1. The van der Waals surface area contributed by atoms with Gasteiger partial charge in [-0.2, -0.15) is 0 Å². The summed E-state index contributed by atoms with van der Waals surface area (Å²) in [5.74, 6) is -0.245. The van der Waals surface area contributed by atoms with Crippen molar-refractivity contribution in [3.05, 3.63) is 0 Å². The molecule has 8 heteroatoms. The SMILES string of the molecule is CC(/C=N/CCN)C(CO)OC(C=O)OC(C)C(O)CO. The molecule has 124 valence electrons. The predicted octanol–water partition coefficient (Wildman–Crippen LogP) is -1.69. The Bertz CT molecular complexity index is 302. The van der Waals surface area contributed by atoms with Crippen molar-refractivity contribution in [2.45, 2.75) is 38.4 Å². The molecule has 5 unspecified atom stereocenters. The lowest BCUT2D eigenvalue weighted by atomic mass is 10.1. The molecule has 5 N–H and O–H groups in total. The predicted molar refractivity (Wildman–Crippen MR) is 77.0 cm³/mol.